The van der Waals surface area contributed by atoms with Gasteiger partial charge in [-0.1, -0.05) is 40.9 Å². The van der Waals surface area contributed by atoms with Gasteiger partial charge in [-0.3, -0.25) is 4.72 Å². The summed E-state index contributed by atoms with van der Waals surface area (Å²) in [6, 6.07) is 8.49. The van der Waals surface area contributed by atoms with Crippen LogP contribution in [0.1, 0.15) is 5.56 Å². The molecule has 0 aliphatic rings. The first-order valence-corrected chi connectivity index (χ1v) is 8.32. The molecule has 0 aliphatic carbocycles. The summed E-state index contributed by atoms with van der Waals surface area (Å²) in [6.07, 6.45) is 0. The van der Waals surface area contributed by atoms with E-state index in [1.807, 2.05) is 0 Å². The van der Waals surface area contributed by atoms with Gasteiger partial charge in [0.25, 0.3) is 10.0 Å². The van der Waals surface area contributed by atoms with E-state index < -0.39 is 10.0 Å². The fourth-order valence-corrected chi connectivity index (χ4v) is 3.28. The fourth-order valence-electron chi connectivity index (χ4n) is 1.63. The second kappa shape index (κ2) is 6.42. The quantitative estimate of drug-likeness (QED) is 0.861. The number of hydrogen-bond acceptors (Lipinski definition) is 3. The molecule has 0 atom stereocenters. The lowest BCUT2D eigenvalue weighted by Gasteiger charge is -2.12. The van der Waals surface area contributed by atoms with Gasteiger partial charge in [0.05, 0.1) is 27.2 Å². The Hall–Kier alpha value is -0.980. The van der Waals surface area contributed by atoms with E-state index in [-0.39, 0.29) is 27.2 Å². The average molecular weight is 367 g/mol. The topological polar surface area (TPSA) is 66.4 Å². The first kappa shape index (κ1) is 16.4. The van der Waals surface area contributed by atoms with E-state index in [0.29, 0.717) is 10.6 Å². The summed E-state index contributed by atoms with van der Waals surface area (Å²) >= 11 is 17.4. The lowest BCUT2D eigenvalue weighted by atomic mass is 10.2. The first-order chi connectivity index (χ1) is 9.83. The maximum absolute atomic E-state index is 12.3. The molecule has 21 heavy (non-hydrogen) atoms. The molecular weight excluding hydrogens is 357 g/mol. The highest BCUT2D eigenvalue weighted by atomic mass is 35.5. The Balaban J connectivity index is 2.41. The van der Waals surface area contributed by atoms with Crippen LogP contribution in [0.25, 0.3) is 0 Å². The van der Waals surface area contributed by atoms with Gasteiger partial charge in [0.15, 0.2) is 0 Å². The molecule has 0 saturated carbocycles. The molecule has 0 radical (unpaired) electrons. The molecule has 0 fully saturated rings. The smallest absolute Gasteiger partial charge is 0.261 e. The van der Waals surface area contributed by atoms with Crippen LogP contribution in [0.5, 0.6) is 0 Å². The second-order valence-corrected chi connectivity index (χ2v) is 7.07. The number of sulfonamides is 1. The van der Waals surface area contributed by atoms with E-state index in [1.54, 1.807) is 6.07 Å². The molecule has 2 aromatic carbocycles. The van der Waals surface area contributed by atoms with E-state index in [9.17, 15) is 13.5 Å². The van der Waals surface area contributed by atoms with Crippen molar-refractivity contribution < 1.29 is 13.5 Å². The average Bonchev–Trinajstić information content (AvgIpc) is 2.41. The zero-order valence-corrected chi connectivity index (χ0v) is 13.6. The lowest BCUT2D eigenvalue weighted by molar-refractivity contribution is 0.282. The van der Waals surface area contributed by atoms with E-state index in [4.69, 9.17) is 34.8 Å². The Bertz CT molecular complexity index is 778. The first-order valence-electron chi connectivity index (χ1n) is 5.70. The molecule has 0 unspecified atom stereocenters. The number of halogens is 3. The second-order valence-electron chi connectivity index (χ2n) is 4.14. The molecule has 2 aromatic rings. The molecule has 0 aromatic heterocycles. The minimum atomic E-state index is -3.86. The molecule has 0 aliphatic heterocycles. The highest BCUT2D eigenvalue weighted by Gasteiger charge is 2.17. The van der Waals surface area contributed by atoms with Crippen LogP contribution < -0.4 is 4.72 Å². The maximum atomic E-state index is 12.3. The summed E-state index contributed by atoms with van der Waals surface area (Å²) in [5.74, 6) is 0. The van der Waals surface area contributed by atoms with Crippen molar-refractivity contribution in [3.05, 3.63) is 57.0 Å². The van der Waals surface area contributed by atoms with Gasteiger partial charge in [-0.2, -0.15) is 0 Å². The third-order valence-electron chi connectivity index (χ3n) is 2.69. The van der Waals surface area contributed by atoms with Crippen LogP contribution in [-0.2, 0) is 16.6 Å². The van der Waals surface area contributed by atoms with E-state index in [2.05, 4.69) is 4.72 Å². The van der Waals surface area contributed by atoms with Crippen molar-refractivity contribution in [3.8, 4) is 0 Å². The zero-order valence-electron chi connectivity index (χ0n) is 10.5. The third kappa shape index (κ3) is 3.81. The summed E-state index contributed by atoms with van der Waals surface area (Å²) in [5.41, 5.74) is 0.610. The third-order valence-corrected chi connectivity index (χ3v) is 5.03. The molecule has 0 saturated heterocycles. The monoisotopic (exact) mass is 365 g/mol. The number of aliphatic hydroxyl groups excluding tert-OH is 1. The van der Waals surface area contributed by atoms with Crippen LogP contribution >= 0.6 is 34.8 Å². The highest BCUT2D eigenvalue weighted by Crippen LogP contribution is 2.28. The standard InChI is InChI=1S/C13H10Cl3NO3S/c14-9-2-1-8(7-18)13(5-9)17-21(19,20)10-3-4-11(15)12(16)6-10/h1-6,17-18H,7H2. The maximum Gasteiger partial charge on any atom is 0.261 e. The van der Waals surface area contributed by atoms with Gasteiger partial charge in [0.2, 0.25) is 0 Å². The number of aliphatic hydroxyl groups is 1. The van der Waals surface area contributed by atoms with E-state index in [0.717, 1.165) is 0 Å². The van der Waals surface area contributed by atoms with Gasteiger partial charge in [-0.25, -0.2) is 8.42 Å². The number of rotatable bonds is 4. The Morgan fingerprint density at radius 2 is 1.71 bits per heavy atom. The van der Waals surface area contributed by atoms with Gasteiger partial charge in [0.1, 0.15) is 0 Å². The van der Waals surface area contributed by atoms with Crippen molar-refractivity contribution in [3.63, 3.8) is 0 Å². The predicted molar refractivity (Wildman–Crippen MR) is 84.6 cm³/mol. The van der Waals surface area contributed by atoms with Gasteiger partial charge in [-0.05, 0) is 30.3 Å². The van der Waals surface area contributed by atoms with Crippen LogP contribution in [0.15, 0.2) is 41.3 Å². The van der Waals surface area contributed by atoms with Gasteiger partial charge in [-0.15, -0.1) is 0 Å². The Labute approximate surface area is 137 Å². The zero-order chi connectivity index (χ0) is 15.6. The summed E-state index contributed by atoms with van der Waals surface area (Å²) in [4.78, 5) is -0.0410. The molecule has 112 valence electrons. The van der Waals surface area contributed by atoms with Crippen molar-refractivity contribution in [2.24, 2.45) is 0 Å². The van der Waals surface area contributed by atoms with Crippen molar-refractivity contribution in [1.29, 1.82) is 0 Å². The fraction of sp³-hybridized carbons (Fsp3) is 0.0769. The predicted octanol–water partition coefficient (Wildman–Crippen LogP) is 3.94. The number of nitrogens with one attached hydrogen (secondary N) is 1. The molecule has 0 bridgehead atoms. The summed E-state index contributed by atoms with van der Waals surface area (Å²) < 4.78 is 27.0. The number of anilines is 1. The summed E-state index contributed by atoms with van der Waals surface area (Å²) in [5, 5.41) is 9.98. The number of hydrogen-bond donors (Lipinski definition) is 2. The normalized spacial score (nSPS) is 11.4. The van der Waals surface area contributed by atoms with Crippen LogP contribution in [0.3, 0.4) is 0 Å². The van der Waals surface area contributed by atoms with Gasteiger partial charge >= 0.3 is 0 Å². The highest BCUT2D eigenvalue weighted by molar-refractivity contribution is 7.92. The Kier molecular flexibility index (Phi) is 5.01. The van der Waals surface area contributed by atoms with Crippen LogP contribution in [0, 0.1) is 0 Å². The van der Waals surface area contributed by atoms with E-state index in [1.165, 1.54) is 30.3 Å². The van der Waals surface area contributed by atoms with Crippen molar-refractivity contribution in [2.75, 3.05) is 4.72 Å². The van der Waals surface area contributed by atoms with Crippen molar-refractivity contribution in [2.45, 2.75) is 11.5 Å². The molecule has 0 spiro atoms. The number of benzene rings is 2. The molecule has 2 N–H and O–H groups in total. The summed E-state index contributed by atoms with van der Waals surface area (Å²) in [7, 11) is -3.86. The lowest BCUT2D eigenvalue weighted by Crippen LogP contribution is -2.14. The SMILES string of the molecule is O=S(=O)(Nc1cc(Cl)ccc1CO)c1ccc(Cl)c(Cl)c1. The van der Waals surface area contributed by atoms with Gasteiger partial charge < -0.3 is 5.11 Å². The molecule has 2 rings (SSSR count). The van der Waals surface area contributed by atoms with Crippen LogP contribution in [0.2, 0.25) is 15.1 Å². The minimum Gasteiger partial charge on any atom is -0.392 e. The molecular formula is C13H10Cl3NO3S. The van der Waals surface area contributed by atoms with Gasteiger partial charge in [0, 0.05) is 10.6 Å². The van der Waals surface area contributed by atoms with Crippen molar-refractivity contribution in [1.82, 2.24) is 0 Å². The van der Waals surface area contributed by atoms with Crippen LogP contribution in [0.4, 0.5) is 5.69 Å². The molecule has 0 amide bonds. The Morgan fingerprint density at radius 1 is 1.00 bits per heavy atom. The molecule has 4 nitrogen and oxygen atoms in total. The Morgan fingerprint density at radius 3 is 2.33 bits per heavy atom. The van der Waals surface area contributed by atoms with Crippen LogP contribution in [-0.4, -0.2) is 13.5 Å². The minimum absolute atomic E-state index is 0.0410. The van der Waals surface area contributed by atoms with Crippen molar-refractivity contribution >= 4 is 50.5 Å². The molecule has 0 heterocycles. The largest absolute Gasteiger partial charge is 0.392 e. The summed E-state index contributed by atoms with van der Waals surface area (Å²) in [6.45, 7) is -0.323. The molecule has 8 heteroatoms. The van der Waals surface area contributed by atoms with E-state index >= 15 is 0 Å².